The lowest BCUT2D eigenvalue weighted by atomic mass is 9.73. The third kappa shape index (κ3) is 3.64. The molecule has 2 bridgehead atoms. The van der Waals surface area contributed by atoms with Gasteiger partial charge in [-0.05, 0) is 48.9 Å². The summed E-state index contributed by atoms with van der Waals surface area (Å²) >= 11 is 0. The number of rotatable bonds is 6. The first-order chi connectivity index (χ1) is 12.9. The first-order valence-electron chi connectivity index (χ1n) is 10.3. The Morgan fingerprint density at radius 3 is 3.00 bits per heavy atom. The lowest BCUT2D eigenvalue weighted by molar-refractivity contribution is -0.122. The monoisotopic (exact) mass is 374 g/mol. The summed E-state index contributed by atoms with van der Waals surface area (Å²) in [6.45, 7) is 9.63. The van der Waals surface area contributed by atoms with Crippen LogP contribution < -0.4 is 5.32 Å². The number of fused-ring (bicyclic) bond motifs is 1. The summed E-state index contributed by atoms with van der Waals surface area (Å²) < 4.78 is 19.9. The Morgan fingerprint density at radius 1 is 1.44 bits per heavy atom. The summed E-state index contributed by atoms with van der Waals surface area (Å²) in [5.41, 5.74) is 2.16. The van der Waals surface area contributed by atoms with Crippen LogP contribution in [0.2, 0.25) is 0 Å². The van der Waals surface area contributed by atoms with Crippen LogP contribution in [-0.2, 0) is 16.1 Å². The molecule has 3 aliphatic rings. The fraction of sp³-hybridized carbons (Fsp3) is 0.682. The second-order valence-corrected chi connectivity index (χ2v) is 9.17. The van der Waals surface area contributed by atoms with Gasteiger partial charge < -0.3 is 10.1 Å². The molecule has 4 rings (SSSR count). The Labute approximate surface area is 161 Å². The first kappa shape index (κ1) is 18.9. The molecule has 0 radical (unpaired) electrons. The van der Waals surface area contributed by atoms with E-state index in [-0.39, 0.29) is 17.3 Å². The molecule has 148 valence electrons. The third-order valence-corrected chi connectivity index (χ3v) is 6.68. The Morgan fingerprint density at radius 2 is 2.26 bits per heavy atom. The van der Waals surface area contributed by atoms with E-state index in [1.807, 2.05) is 13.0 Å². The number of benzene rings is 1. The normalized spacial score (nSPS) is 32.3. The molecule has 0 aromatic heterocycles. The number of hydrogen-bond acceptors (Lipinski definition) is 3. The zero-order valence-electron chi connectivity index (χ0n) is 16.6. The van der Waals surface area contributed by atoms with E-state index in [4.69, 9.17) is 4.74 Å². The van der Waals surface area contributed by atoms with Gasteiger partial charge in [0, 0.05) is 44.4 Å². The molecule has 0 aliphatic carbocycles. The highest BCUT2D eigenvalue weighted by Crippen LogP contribution is 2.54. The first-order valence-corrected chi connectivity index (χ1v) is 10.3. The van der Waals surface area contributed by atoms with Gasteiger partial charge in [-0.2, -0.15) is 0 Å². The maximum atomic E-state index is 13.4. The molecule has 0 unspecified atom stereocenters. The van der Waals surface area contributed by atoms with Gasteiger partial charge in [0.05, 0.1) is 11.7 Å². The number of likely N-dealkylation sites (tertiary alicyclic amines) is 1. The van der Waals surface area contributed by atoms with Gasteiger partial charge in [0.25, 0.3) is 0 Å². The van der Waals surface area contributed by atoms with Gasteiger partial charge in [0.15, 0.2) is 0 Å². The van der Waals surface area contributed by atoms with E-state index in [1.54, 1.807) is 12.1 Å². The average molecular weight is 375 g/mol. The van der Waals surface area contributed by atoms with Crippen molar-refractivity contribution in [1.29, 1.82) is 0 Å². The summed E-state index contributed by atoms with van der Waals surface area (Å²) in [5.74, 6) is 1.25. The number of aryl methyl sites for hydroxylation is 1. The van der Waals surface area contributed by atoms with Crippen molar-refractivity contribution in [3.63, 3.8) is 0 Å². The molecular formula is C22H31FN2O2. The summed E-state index contributed by atoms with van der Waals surface area (Å²) in [6, 6.07) is 5.06. The van der Waals surface area contributed by atoms with Gasteiger partial charge in [-0.1, -0.05) is 19.9 Å². The van der Waals surface area contributed by atoms with E-state index in [9.17, 15) is 9.18 Å². The van der Waals surface area contributed by atoms with Crippen molar-refractivity contribution in [2.75, 3.05) is 19.6 Å². The predicted octanol–water partition coefficient (Wildman–Crippen LogP) is 3.28. The van der Waals surface area contributed by atoms with Crippen LogP contribution in [0.4, 0.5) is 4.39 Å². The van der Waals surface area contributed by atoms with Crippen molar-refractivity contribution in [3.8, 4) is 0 Å². The minimum atomic E-state index is -0.174. The zero-order valence-corrected chi connectivity index (χ0v) is 16.6. The number of amides is 1. The molecule has 4 atom stereocenters. The summed E-state index contributed by atoms with van der Waals surface area (Å²) in [7, 11) is 0. The Bertz CT molecular complexity index is 722. The molecule has 27 heavy (non-hydrogen) atoms. The number of nitrogens with one attached hydrogen (secondary N) is 1. The van der Waals surface area contributed by atoms with Crippen molar-refractivity contribution in [2.45, 2.75) is 58.3 Å². The minimum Gasteiger partial charge on any atom is -0.370 e. The van der Waals surface area contributed by atoms with Crippen molar-refractivity contribution < 1.29 is 13.9 Å². The second-order valence-electron chi connectivity index (χ2n) is 9.17. The SMILES string of the molecule is Cc1cc(F)ccc1CN1C[C@@H]2[C@H](CNC(=O)CC(C)C)[C@H]3CC[C@]2(C1)O3. The van der Waals surface area contributed by atoms with Gasteiger partial charge in [-0.3, -0.25) is 9.69 Å². The van der Waals surface area contributed by atoms with Crippen LogP contribution >= 0.6 is 0 Å². The topological polar surface area (TPSA) is 41.6 Å². The summed E-state index contributed by atoms with van der Waals surface area (Å²) in [6.07, 6.45) is 3.11. The third-order valence-electron chi connectivity index (χ3n) is 6.68. The molecular weight excluding hydrogens is 343 g/mol. The number of nitrogens with zero attached hydrogens (tertiary/aromatic N) is 1. The van der Waals surface area contributed by atoms with Crippen LogP contribution in [0.1, 0.15) is 44.2 Å². The quantitative estimate of drug-likeness (QED) is 0.831. The molecule has 5 heteroatoms. The number of halogens is 1. The van der Waals surface area contributed by atoms with Crippen LogP contribution in [0.3, 0.4) is 0 Å². The van der Waals surface area contributed by atoms with Crippen LogP contribution in [0.15, 0.2) is 18.2 Å². The van der Waals surface area contributed by atoms with E-state index in [1.165, 1.54) is 5.56 Å². The minimum absolute atomic E-state index is 0.0357. The zero-order chi connectivity index (χ0) is 19.2. The van der Waals surface area contributed by atoms with E-state index < -0.39 is 0 Å². The van der Waals surface area contributed by atoms with Gasteiger partial charge in [-0.15, -0.1) is 0 Å². The largest absolute Gasteiger partial charge is 0.370 e. The average Bonchev–Trinajstić information content (AvgIpc) is 3.22. The van der Waals surface area contributed by atoms with Crippen molar-refractivity contribution in [3.05, 3.63) is 35.1 Å². The summed E-state index contributed by atoms with van der Waals surface area (Å²) in [4.78, 5) is 14.5. The van der Waals surface area contributed by atoms with Gasteiger partial charge in [0.1, 0.15) is 5.82 Å². The highest BCUT2D eigenvalue weighted by atomic mass is 19.1. The highest BCUT2D eigenvalue weighted by molar-refractivity contribution is 5.76. The molecule has 1 N–H and O–H groups in total. The molecule has 3 heterocycles. The molecule has 1 aromatic rings. The Hall–Kier alpha value is -1.46. The summed E-state index contributed by atoms with van der Waals surface area (Å²) in [5, 5.41) is 3.15. The fourth-order valence-corrected chi connectivity index (χ4v) is 5.43. The molecule has 1 spiro atoms. The molecule has 3 aliphatic heterocycles. The molecule has 4 nitrogen and oxygen atoms in total. The second kappa shape index (κ2) is 7.17. The van der Waals surface area contributed by atoms with E-state index in [0.29, 0.717) is 30.3 Å². The van der Waals surface area contributed by atoms with Gasteiger partial charge >= 0.3 is 0 Å². The van der Waals surface area contributed by atoms with Gasteiger partial charge in [-0.25, -0.2) is 4.39 Å². The predicted molar refractivity (Wildman–Crippen MR) is 103 cm³/mol. The number of carbonyl (C=O) groups excluding carboxylic acids is 1. The van der Waals surface area contributed by atoms with Crippen molar-refractivity contribution in [1.82, 2.24) is 10.2 Å². The molecule has 3 saturated heterocycles. The molecule has 1 aromatic carbocycles. The Kier molecular flexibility index (Phi) is 5.02. The van der Waals surface area contributed by atoms with Crippen molar-refractivity contribution in [2.24, 2.45) is 17.8 Å². The molecule has 3 fully saturated rings. The van der Waals surface area contributed by atoms with E-state index in [2.05, 4.69) is 24.1 Å². The Balaban J connectivity index is 1.40. The number of hydrogen-bond donors (Lipinski definition) is 1. The molecule has 1 amide bonds. The highest BCUT2D eigenvalue weighted by Gasteiger charge is 2.62. The molecule has 0 saturated carbocycles. The maximum absolute atomic E-state index is 13.4. The number of ether oxygens (including phenoxy) is 1. The lowest BCUT2D eigenvalue weighted by Gasteiger charge is -2.29. The van der Waals surface area contributed by atoms with E-state index in [0.717, 1.165) is 44.6 Å². The standard InChI is InChI=1S/C22H31FN2O2/c1-14(2)8-21(26)24-10-18-19-12-25(13-22(19)7-6-20(18)27-22)11-16-4-5-17(23)9-15(16)3/h4-5,9,14,18-20H,6-8,10-13H2,1-3H3,(H,24,26)/t18-,19+,20+,22+/m0/s1. The van der Waals surface area contributed by atoms with Crippen LogP contribution in [0.5, 0.6) is 0 Å². The maximum Gasteiger partial charge on any atom is 0.220 e. The van der Waals surface area contributed by atoms with Crippen LogP contribution in [0, 0.1) is 30.5 Å². The fourth-order valence-electron chi connectivity index (χ4n) is 5.43. The van der Waals surface area contributed by atoms with Crippen LogP contribution in [0.25, 0.3) is 0 Å². The smallest absolute Gasteiger partial charge is 0.220 e. The van der Waals surface area contributed by atoms with Gasteiger partial charge in [0.2, 0.25) is 5.91 Å². The van der Waals surface area contributed by atoms with E-state index >= 15 is 0 Å². The lowest BCUT2D eigenvalue weighted by Crippen LogP contribution is -2.42. The van der Waals surface area contributed by atoms with Crippen LogP contribution in [-0.4, -0.2) is 42.1 Å². The van der Waals surface area contributed by atoms with Crippen molar-refractivity contribution >= 4 is 5.91 Å². The number of carbonyl (C=O) groups is 1.